The van der Waals surface area contributed by atoms with Gasteiger partial charge in [-0.1, -0.05) is 0 Å². The Morgan fingerprint density at radius 2 is 1.87 bits per heavy atom. The van der Waals surface area contributed by atoms with Crippen molar-refractivity contribution in [2.75, 3.05) is 26.9 Å². The largest absolute Gasteiger partial charge is 0.497 e. The Bertz CT molecular complexity index is 550. The van der Waals surface area contributed by atoms with E-state index in [-0.39, 0.29) is 19.1 Å². The van der Waals surface area contributed by atoms with Gasteiger partial charge in [0.15, 0.2) is 5.92 Å². The predicted octanol–water partition coefficient (Wildman–Crippen LogP) is 2.30. The van der Waals surface area contributed by atoms with E-state index in [1.54, 1.807) is 39.2 Å². The first kappa shape index (κ1) is 17.1. The van der Waals surface area contributed by atoms with Crippen molar-refractivity contribution in [2.24, 2.45) is 5.92 Å². The maximum Gasteiger partial charge on any atom is 0.320 e. The second kappa shape index (κ2) is 7.85. The Labute approximate surface area is 135 Å². The van der Waals surface area contributed by atoms with Crippen LogP contribution in [0.25, 0.3) is 0 Å². The second-order valence-electron chi connectivity index (χ2n) is 5.13. The van der Waals surface area contributed by atoms with Crippen LogP contribution in [0.3, 0.4) is 0 Å². The van der Waals surface area contributed by atoms with Crippen molar-refractivity contribution in [2.45, 2.75) is 26.2 Å². The summed E-state index contributed by atoms with van der Waals surface area (Å²) in [5.74, 6) is -1.18. The maximum absolute atomic E-state index is 12.3. The first-order chi connectivity index (χ1) is 11.1. The van der Waals surface area contributed by atoms with Gasteiger partial charge < -0.3 is 18.9 Å². The molecule has 1 aliphatic heterocycles. The van der Waals surface area contributed by atoms with Crippen LogP contribution in [0.2, 0.25) is 0 Å². The molecular formula is C17H22O6. The molecule has 1 heterocycles. The monoisotopic (exact) mass is 322 g/mol. The molecule has 1 aromatic carbocycles. The van der Waals surface area contributed by atoms with Crippen molar-refractivity contribution in [3.05, 3.63) is 23.8 Å². The molecule has 1 aliphatic rings. The minimum Gasteiger partial charge on any atom is -0.497 e. The number of rotatable bonds is 6. The molecule has 0 fully saturated rings. The van der Waals surface area contributed by atoms with E-state index in [9.17, 15) is 9.59 Å². The van der Waals surface area contributed by atoms with Gasteiger partial charge in [-0.25, -0.2) is 0 Å². The van der Waals surface area contributed by atoms with Crippen LogP contribution in [0.1, 0.15) is 31.7 Å². The summed E-state index contributed by atoms with van der Waals surface area (Å²) in [5, 5.41) is 0. The highest BCUT2D eigenvalue weighted by Crippen LogP contribution is 2.41. The van der Waals surface area contributed by atoms with Crippen molar-refractivity contribution in [1.82, 2.24) is 0 Å². The minimum atomic E-state index is -0.996. The zero-order chi connectivity index (χ0) is 16.8. The van der Waals surface area contributed by atoms with E-state index in [0.29, 0.717) is 24.5 Å². The van der Waals surface area contributed by atoms with Crippen LogP contribution >= 0.6 is 0 Å². The Morgan fingerprint density at radius 3 is 2.43 bits per heavy atom. The SMILES string of the molecule is CCOC(=O)C(C(=O)OCC)C1CCOc2ccc(OC)cc21. The molecule has 23 heavy (non-hydrogen) atoms. The standard InChI is InChI=1S/C17H22O6/c1-4-21-16(18)15(17(19)22-5-2)12-8-9-23-14-7-6-11(20-3)10-13(12)14/h6-7,10,12,15H,4-5,8-9H2,1-3H3. The fourth-order valence-corrected chi connectivity index (χ4v) is 2.76. The lowest BCUT2D eigenvalue weighted by Gasteiger charge is -2.30. The average molecular weight is 322 g/mol. The lowest BCUT2D eigenvalue weighted by molar-refractivity contribution is -0.163. The van der Waals surface area contributed by atoms with Gasteiger partial charge in [0.25, 0.3) is 0 Å². The Balaban J connectivity index is 2.39. The number of ether oxygens (including phenoxy) is 4. The molecule has 0 radical (unpaired) electrons. The van der Waals surface area contributed by atoms with Gasteiger partial charge in [0, 0.05) is 11.5 Å². The van der Waals surface area contributed by atoms with Gasteiger partial charge in [-0.15, -0.1) is 0 Å². The summed E-state index contributed by atoms with van der Waals surface area (Å²) in [6.45, 7) is 4.27. The number of fused-ring (bicyclic) bond motifs is 1. The van der Waals surface area contributed by atoms with E-state index in [1.165, 1.54) is 0 Å². The molecule has 126 valence electrons. The quantitative estimate of drug-likeness (QED) is 0.591. The number of methoxy groups -OCH3 is 1. The molecule has 0 amide bonds. The van der Waals surface area contributed by atoms with Crippen LogP contribution in [0.4, 0.5) is 0 Å². The normalized spacial score (nSPS) is 16.3. The molecule has 2 rings (SSSR count). The molecule has 0 aromatic heterocycles. The lowest BCUT2D eigenvalue weighted by Crippen LogP contribution is -2.35. The zero-order valence-corrected chi connectivity index (χ0v) is 13.7. The average Bonchev–Trinajstić information content (AvgIpc) is 2.55. The summed E-state index contributed by atoms with van der Waals surface area (Å²) >= 11 is 0. The van der Waals surface area contributed by atoms with E-state index in [2.05, 4.69) is 0 Å². The van der Waals surface area contributed by atoms with Gasteiger partial charge in [0.05, 0.1) is 26.9 Å². The van der Waals surface area contributed by atoms with Gasteiger partial charge >= 0.3 is 11.9 Å². The molecule has 6 heteroatoms. The molecular weight excluding hydrogens is 300 g/mol. The summed E-state index contributed by atoms with van der Waals surface area (Å²) in [4.78, 5) is 24.7. The van der Waals surface area contributed by atoms with Crippen LogP contribution < -0.4 is 9.47 Å². The third kappa shape index (κ3) is 3.75. The number of carbonyl (C=O) groups is 2. The van der Waals surface area contributed by atoms with Gasteiger partial charge in [-0.3, -0.25) is 9.59 Å². The minimum absolute atomic E-state index is 0.211. The van der Waals surface area contributed by atoms with Crippen molar-refractivity contribution in [3.63, 3.8) is 0 Å². The highest BCUT2D eigenvalue weighted by molar-refractivity contribution is 5.96. The van der Waals surface area contributed by atoms with Crippen LogP contribution in [0, 0.1) is 5.92 Å². The fraction of sp³-hybridized carbons (Fsp3) is 0.529. The molecule has 0 saturated heterocycles. The zero-order valence-electron chi connectivity index (χ0n) is 13.7. The molecule has 1 aromatic rings. The van der Waals surface area contributed by atoms with E-state index in [1.807, 2.05) is 0 Å². The first-order valence-electron chi connectivity index (χ1n) is 7.76. The molecule has 1 atom stereocenters. The van der Waals surface area contributed by atoms with Gasteiger partial charge in [0.1, 0.15) is 11.5 Å². The molecule has 1 unspecified atom stereocenters. The molecule has 6 nitrogen and oxygen atoms in total. The van der Waals surface area contributed by atoms with Crippen molar-refractivity contribution >= 4 is 11.9 Å². The Hall–Kier alpha value is -2.24. The predicted molar refractivity (Wildman–Crippen MR) is 82.6 cm³/mol. The summed E-state index contributed by atoms with van der Waals surface area (Å²) in [6, 6.07) is 5.36. The van der Waals surface area contributed by atoms with Crippen molar-refractivity contribution in [1.29, 1.82) is 0 Å². The van der Waals surface area contributed by atoms with Crippen LogP contribution in [0.15, 0.2) is 18.2 Å². The third-order valence-corrected chi connectivity index (χ3v) is 3.79. The number of hydrogen-bond acceptors (Lipinski definition) is 6. The van der Waals surface area contributed by atoms with E-state index in [0.717, 1.165) is 5.56 Å². The highest BCUT2D eigenvalue weighted by Gasteiger charge is 2.41. The van der Waals surface area contributed by atoms with Gasteiger partial charge in [0.2, 0.25) is 0 Å². The second-order valence-corrected chi connectivity index (χ2v) is 5.13. The lowest BCUT2D eigenvalue weighted by atomic mass is 9.82. The van der Waals surface area contributed by atoms with Crippen LogP contribution in [-0.4, -0.2) is 38.9 Å². The fourth-order valence-electron chi connectivity index (χ4n) is 2.76. The smallest absolute Gasteiger partial charge is 0.320 e. The van der Waals surface area contributed by atoms with E-state index >= 15 is 0 Å². The van der Waals surface area contributed by atoms with Crippen molar-refractivity contribution in [3.8, 4) is 11.5 Å². The third-order valence-electron chi connectivity index (χ3n) is 3.79. The van der Waals surface area contributed by atoms with Gasteiger partial charge in [-0.05, 0) is 38.5 Å². The highest BCUT2D eigenvalue weighted by atomic mass is 16.6. The number of benzene rings is 1. The Kier molecular flexibility index (Phi) is 5.84. The van der Waals surface area contributed by atoms with Crippen molar-refractivity contribution < 1.29 is 28.5 Å². The van der Waals surface area contributed by atoms with Crippen LogP contribution in [-0.2, 0) is 19.1 Å². The summed E-state index contributed by atoms with van der Waals surface area (Å²) in [6.07, 6.45) is 0.530. The summed E-state index contributed by atoms with van der Waals surface area (Å²) in [7, 11) is 1.56. The van der Waals surface area contributed by atoms with E-state index < -0.39 is 17.9 Å². The first-order valence-corrected chi connectivity index (χ1v) is 7.76. The van der Waals surface area contributed by atoms with Crippen LogP contribution in [0.5, 0.6) is 11.5 Å². The molecule has 0 saturated carbocycles. The number of esters is 2. The molecule has 0 bridgehead atoms. The molecule has 0 N–H and O–H groups in total. The summed E-state index contributed by atoms with van der Waals surface area (Å²) in [5.41, 5.74) is 0.765. The Morgan fingerprint density at radius 1 is 1.22 bits per heavy atom. The van der Waals surface area contributed by atoms with Gasteiger partial charge in [-0.2, -0.15) is 0 Å². The summed E-state index contributed by atoms with van der Waals surface area (Å²) < 4.78 is 21.0. The number of hydrogen-bond donors (Lipinski definition) is 0. The number of carbonyl (C=O) groups excluding carboxylic acids is 2. The molecule has 0 spiro atoms. The topological polar surface area (TPSA) is 71.1 Å². The van der Waals surface area contributed by atoms with E-state index in [4.69, 9.17) is 18.9 Å². The molecule has 0 aliphatic carbocycles. The maximum atomic E-state index is 12.3.